The first kappa shape index (κ1) is 6.68. The highest BCUT2D eigenvalue weighted by Gasteiger charge is 2.20. The summed E-state index contributed by atoms with van der Waals surface area (Å²) in [6.45, 7) is 1.90. The second kappa shape index (κ2) is 2.93. The van der Waals surface area contributed by atoms with Gasteiger partial charge in [-0.3, -0.25) is 0 Å². The van der Waals surface area contributed by atoms with E-state index in [1.807, 2.05) is 30.3 Å². The molecule has 58 valence electrons. The predicted molar refractivity (Wildman–Crippen MR) is 43.7 cm³/mol. The van der Waals surface area contributed by atoms with Crippen molar-refractivity contribution in [3.05, 3.63) is 30.3 Å². The Labute approximate surface area is 66.2 Å². The van der Waals surface area contributed by atoms with Gasteiger partial charge in [-0.1, -0.05) is 18.2 Å². The van der Waals surface area contributed by atoms with Crippen molar-refractivity contribution in [2.45, 2.75) is 6.04 Å². The number of para-hydroxylation sites is 1. The summed E-state index contributed by atoms with van der Waals surface area (Å²) in [6, 6.07) is 10.5. The van der Waals surface area contributed by atoms with Crippen molar-refractivity contribution in [2.24, 2.45) is 0 Å². The smallest absolute Gasteiger partial charge is 0.119 e. The molecular formula is C9H11NO. The Balaban J connectivity index is 1.85. The maximum absolute atomic E-state index is 5.47. The quantitative estimate of drug-likeness (QED) is 0.651. The Kier molecular flexibility index (Phi) is 1.78. The molecule has 1 N–H and O–H groups in total. The average Bonchev–Trinajstić information content (AvgIpc) is 2.86. The number of benzene rings is 1. The average molecular weight is 149 g/mol. The van der Waals surface area contributed by atoms with E-state index in [1.165, 1.54) is 0 Å². The van der Waals surface area contributed by atoms with E-state index in [9.17, 15) is 0 Å². The van der Waals surface area contributed by atoms with Gasteiger partial charge in [-0.25, -0.2) is 0 Å². The SMILES string of the molecule is c1ccc(OC[C@H]2CN2)cc1. The zero-order valence-corrected chi connectivity index (χ0v) is 6.29. The molecule has 1 aromatic carbocycles. The molecule has 1 fully saturated rings. The van der Waals surface area contributed by atoms with E-state index in [0.29, 0.717) is 6.04 Å². The summed E-state index contributed by atoms with van der Waals surface area (Å²) in [5.74, 6) is 0.959. The van der Waals surface area contributed by atoms with Crippen LogP contribution in [-0.4, -0.2) is 19.2 Å². The minimum absolute atomic E-state index is 0.593. The summed E-state index contributed by atoms with van der Waals surface area (Å²) in [7, 11) is 0. The third kappa shape index (κ3) is 1.95. The number of hydrogen-bond donors (Lipinski definition) is 1. The standard InChI is InChI=1S/C9H11NO/c1-2-4-9(5-3-1)11-7-8-6-10-8/h1-5,8,10H,6-7H2/t8-/m1/s1. The first-order valence-corrected chi connectivity index (χ1v) is 3.86. The minimum Gasteiger partial charge on any atom is -0.492 e. The fourth-order valence-electron chi connectivity index (χ4n) is 0.915. The van der Waals surface area contributed by atoms with E-state index in [1.54, 1.807) is 0 Å². The maximum atomic E-state index is 5.47. The van der Waals surface area contributed by atoms with Crippen molar-refractivity contribution in [3.8, 4) is 5.75 Å². The molecule has 0 bridgehead atoms. The lowest BCUT2D eigenvalue weighted by Crippen LogP contribution is -2.06. The van der Waals surface area contributed by atoms with E-state index < -0.39 is 0 Å². The van der Waals surface area contributed by atoms with Gasteiger partial charge in [0.1, 0.15) is 12.4 Å². The molecule has 11 heavy (non-hydrogen) atoms. The van der Waals surface area contributed by atoms with Gasteiger partial charge in [0.25, 0.3) is 0 Å². The zero-order chi connectivity index (χ0) is 7.52. The van der Waals surface area contributed by atoms with Crippen LogP contribution in [0.25, 0.3) is 0 Å². The Morgan fingerprint density at radius 1 is 1.36 bits per heavy atom. The van der Waals surface area contributed by atoms with Gasteiger partial charge in [0.15, 0.2) is 0 Å². The monoisotopic (exact) mass is 149 g/mol. The fourth-order valence-corrected chi connectivity index (χ4v) is 0.915. The van der Waals surface area contributed by atoms with Crippen LogP contribution >= 0.6 is 0 Å². The molecule has 2 heteroatoms. The first-order valence-electron chi connectivity index (χ1n) is 3.86. The first-order chi connectivity index (χ1) is 5.45. The van der Waals surface area contributed by atoms with Crippen molar-refractivity contribution >= 4 is 0 Å². The molecular weight excluding hydrogens is 138 g/mol. The van der Waals surface area contributed by atoms with E-state index in [2.05, 4.69) is 5.32 Å². The second-order valence-corrected chi connectivity index (χ2v) is 2.73. The Bertz CT molecular complexity index is 218. The second-order valence-electron chi connectivity index (χ2n) is 2.73. The highest BCUT2D eigenvalue weighted by Crippen LogP contribution is 2.09. The van der Waals surface area contributed by atoms with Crippen LogP contribution in [0.3, 0.4) is 0 Å². The largest absolute Gasteiger partial charge is 0.492 e. The van der Waals surface area contributed by atoms with Gasteiger partial charge in [0.05, 0.1) is 6.04 Å². The molecule has 0 unspecified atom stereocenters. The lowest BCUT2D eigenvalue weighted by atomic mass is 10.3. The van der Waals surface area contributed by atoms with Gasteiger partial charge >= 0.3 is 0 Å². The summed E-state index contributed by atoms with van der Waals surface area (Å²) < 4.78 is 5.47. The number of hydrogen-bond acceptors (Lipinski definition) is 2. The molecule has 0 amide bonds. The summed E-state index contributed by atoms with van der Waals surface area (Å²) in [5.41, 5.74) is 0. The van der Waals surface area contributed by atoms with E-state index >= 15 is 0 Å². The van der Waals surface area contributed by atoms with Crippen LogP contribution in [0.2, 0.25) is 0 Å². The number of ether oxygens (including phenoxy) is 1. The molecule has 0 saturated carbocycles. The molecule has 1 atom stereocenters. The van der Waals surface area contributed by atoms with Gasteiger partial charge in [-0.05, 0) is 12.1 Å². The molecule has 1 heterocycles. The minimum atomic E-state index is 0.593. The topological polar surface area (TPSA) is 31.2 Å². The van der Waals surface area contributed by atoms with Gasteiger partial charge in [-0.2, -0.15) is 0 Å². The lowest BCUT2D eigenvalue weighted by molar-refractivity contribution is 0.319. The molecule has 2 rings (SSSR count). The Morgan fingerprint density at radius 2 is 2.09 bits per heavy atom. The van der Waals surface area contributed by atoms with Crippen LogP contribution in [0.15, 0.2) is 30.3 Å². The summed E-state index contributed by atoms with van der Waals surface area (Å²) >= 11 is 0. The third-order valence-corrected chi connectivity index (χ3v) is 1.69. The fraction of sp³-hybridized carbons (Fsp3) is 0.333. The number of nitrogens with one attached hydrogen (secondary N) is 1. The predicted octanol–water partition coefficient (Wildman–Crippen LogP) is 1.04. The van der Waals surface area contributed by atoms with Crippen molar-refractivity contribution in [1.29, 1.82) is 0 Å². The maximum Gasteiger partial charge on any atom is 0.119 e. The highest BCUT2D eigenvalue weighted by atomic mass is 16.5. The third-order valence-electron chi connectivity index (χ3n) is 1.69. The van der Waals surface area contributed by atoms with Gasteiger partial charge in [0.2, 0.25) is 0 Å². The zero-order valence-electron chi connectivity index (χ0n) is 6.29. The van der Waals surface area contributed by atoms with Crippen molar-refractivity contribution in [2.75, 3.05) is 13.2 Å². The van der Waals surface area contributed by atoms with Gasteiger partial charge < -0.3 is 10.1 Å². The van der Waals surface area contributed by atoms with E-state index in [-0.39, 0.29) is 0 Å². The molecule has 1 aromatic rings. The highest BCUT2D eigenvalue weighted by molar-refractivity contribution is 5.21. The number of rotatable bonds is 3. The van der Waals surface area contributed by atoms with Gasteiger partial charge in [0, 0.05) is 6.54 Å². The summed E-state index contributed by atoms with van der Waals surface area (Å²) in [5, 5.41) is 3.18. The Hall–Kier alpha value is -1.02. The van der Waals surface area contributed by atoms with Crippen LogP contribution in [0, 0.1) is 0 Å². The lowest BCUT2D eigenvalue weighted by Gasteiger charge is -2.02. The molecule has 0 aliphatic carbocycles. The van der Waals surface area contributed by atoms with Crippen LogP contribution in [0.5, 0.6) is 5.75 Å². The molecule has 1 aliphatic rings. The van der Waals surface area contributed by atoms with Crippen molar-refractivity contribution in [1.82, 2.24) is 5.32 Å². The molecule has 2 nitrogen and oxygen atoms in total. The van der Waals surface area contributed by atoms with Crippen LogP contribution in [0.4, 0.5) is 0 Å². The normalized spacial score (nSPS) is 21.3. The molecule has 0 radical (unpaired) electrons. The van der Waals surface area contributed by atoms with E-state index in [4.69, 9.17) is 4.74 Å². The molecule has 0 spiro atoms. The Morgan fingerprint density at radius 3 is 2.73 bits per heavy atom. The van der Waals surface area contributed by atoms with Crippen molar-refractivity contribution in [3.63, 3.8) is 0 Å². The molecule has 1 aliphatic heterocycles. The van der Waals surface area contributed by atoms with E-state index in [0.717, 1.165) is 18.9 Å². The summed E-state index contributed by atoms with van der Waals surface area (Å²) in [4.78, 5) is 0. The van der Waals surface area contributed by atoms with Crippen LogP contribution in [0.1, 0.15) is 0 Å². The molecule has 1 saturated heterocycles. The van der Waals surface area contributed by atoms with Crippen LogP contribution in [-0.2, 0) is 0 Å². The van der Waals surface area contributed by atoms with Crippen molar-refractivity contribution < 1.29 is 4.74 Å². The van der Waals surface area contributed by atoms with Gasteiger partial charge in [-0.15, -0.1) is 0 Å². The van der Waals surface area contributed by atoms with Crippen LogP contribution < -0.4 is 10.1 Å². The molecule has 0 aromatic heterocycles. The summed E-state index contributed by atoms with van der Waals surface area (Å²) in [6.07, 6.45) is 0.